The quantitative estimate of drug-likeness (QED) is 0.881. The van der Waals surface area contributed by atoms with Crippen LogP contribution in [0.4, 0.5) is 5.95 Å². The van der Waals surface area contributed by atoms with E-state index in [4.69, 9.17) is 0 Å². The summed E-state index contributed by atoms with van der Waals surface area (Å²) in [6.45, 7) is 1.97. The monoisotopic (exact) mass is 258 g/mol. The largest absolute Gasteiger partial charge is 0.335 e. The highest BCUT2D eigenvalue weighted by Crippen LogP contribution is 2.24. The predicted octanol–water partition coefficient (Wildman–Crippen LogP) is 0.850. The second kappa shape index (κ2) is 5.36. The van der Waals surface area contributed by atoms with E-state index in [1.807, 2.05) is 42.1 Å². The molecule has 1 atom stereocenters. The van der Waals surface area contributed by atoms with Crippen LogP contribution in [0, 0.1) is 0 Å². The number of benzene rings is 1. The predicted molar refractivity (Wildman–Crippen MR) is 73.4 cm³/mol. The minimum Gasteiger partial charge on any atom is -0.335 e. The summed E-state index contributed by atoms with van der Waals surface area (Å²) in [5.41, 5.74) is 0.998. The van der Waals surface area contributed by atoms with Crippen molar-refractivity contribution in [3.05, 3.63) is 30.3 Å². The second-order valence-corrected chi connectivity index (χ2v) is 4.77. The van der Waals surface area contributed by atoms with E-state index >= 15 is 0 Å². The minimum absolute atomic E-state index is 0.471. The first-order valence-electron chi connectivity index (χ1n) is 6.65. The molecule has 1 aromatic carbocycles. The molecule has 2 heterocycles. The van der Waals surface area contributed by atoms with Crippen LogP contribution in [0.1, 0.15) is 12.8 Å². The highest BCUT2D eigenvalue weighted by atomic mass is 15.6. The topological polar surface area (TPSA) is 58.9 Å². The fraction of sp³-hybridized carbons (Fsp3) is 0.462. The lowest BCUT2D eigenvalue weighted by atomic mass is 10.2. The number of para-hydroxylation sites is 1. The molecule has 100 valence electrons. The molecule has 19 heavy (non-hydrogen) atoms. The van der Waals surface area contributed by atoms with Crippen LogP contribution in [-0.4, -0.2) is 46.4 Å². The Labute approximate surface area is 112 Å². The molecule has 1 saturated heterocycles. The molecule has 6 nitrogen and oxygen atoms in total. The van der Waals surface area contributed by atoms with Gasteiger partial charge in [0.05, 0.1) is 5.69 Å². The first kappa shape index (κ1) is 12.1. The van der Waals surface area contributed by atoms with Crippen molar-refractivity contribution in [2.45, 2.75) is 18.9 Å². The number of hydrogen-bond donors (Lipinski definition) is 1. The molecule has 0 amide bonds. The van der Waals surface area contributed by atoms with Crippen LogP contribution >= 0.6 is 0 Å². The van der Waals surface area contributed by atoms with Crippen LogP contribution in [0.2, 0.25) is 0 Å². The van der Waals surface area contributed by atoms with E-state index in [0.717, 1.165) is 24.7 Å². The average Bonchev–Trinajstić information content (AvgIpc) is 3.08. The van der Waals surface area contributed by atoms with Gasteiger partial charge in [0.15, 0.2) is 0 Å². The van der Waals surface area contributed by atoms with Crippen LogP contribution in [-0.2, 0) is 0 Å². The van der Waals surface area contributed by atoms with Crippen molar-refractivity contribution >= 4 is 5.95 Å². The molecule has 0 saturated carbocycles. The number of aromatic nitrogens is 4. The molecule has 0 radical (unpaired) electrons. The Bertz CT molecular complexity index is 523. The smallest absolute Gasteiger partial charge is 0.250 e. The van der Waals surface area contributed by atoms with Crippen molar-refractivity contribution in [2.24, 2.45) is 0 Å². The lowest BCUT2D eigenvalue weighted by Gasteiger charge is -2.24. The molecule has 6 heteroatoms. The zero-order valence-electron chi connectivity index (χ0n) is 11.0. The number of likely N-dealkylation sites (N-methyl/N-ethyl adjacent to an activating group) is 1. The molecule has 1 fully saturated rings. The van der Waals surface area contributed by atoms with Gasteiger partial charge >= 0.3 is 0 Å². The van der Waals surface area contributed by atoms with Gasteiger partial charge in [-0.05, 0) is 42.4 Å². The van der Waals surface area contributed by atoms with Crippen LogP contribution in [0.15, 0.2) is 30.3 Å². The van der Waals surface area contributed by atoms with Gasteiger partial charge in [-0.3, -0.25) is 0 Å². The Morgan fingerprint density at radius 3 is 2.95 bits per heavy atom. The number of rotatable bonds is 4. The van der Waals surface area contributed by atoms with E-state index in [0.29, 0.717) is 6.04 Å². The molecular weight excluding hydrogens is 240 g/mol. The summed E-state index contributed by atoms with van der Waals surface area (Å²) in [6, 6.07) is 10.5. The molecule has 0 aliphatic carbocycles. The van der Waals surface area contributed by atoms with Gasteiger partial charge in [0, 0.05) is 19.1 Å². The third kappa shape index (κ3) is 2.31. The van der Waals surface area contributed by atoms with Gasteiger partial charge in [0.1, 0.15) is 0 Å². The fourth-order valence-electron chi connectivity index (χ4n) is 2.64. The van der Waals surface area contributed by atoms with Gasteiger partial charge in [0.2, 0.25) is 0 Å². The summed E-state index contributed by atoms with van der Waals surface area (Å²) in [7, 11) is 1.98. The second-order valence-electron chi connectivity index (χ2n) is 4.77. The summed E-state index contributed by atoms with van der Waals surface area (Å²) >= 11 is 0. The Morgan fingerprint density at radius 2 is 2.16 bits per heavy atom. The van der Waals surface area contributed by atoms with Gasteiger partial charge in [-0.1, -0.05) is 23.3 Å². The van der Waals surface area contributed by atoms with Crippen LogP contribution < -0.4 is 10.2 Å². The van der Waals surface area contributed by atoms with E-state index in [9.17, 15) is 0 Å². The molecule has 1 aliphatic rings. The lowest BCUT2D eigenvalue weighted by molar-refractivity contribution is 0.602. The SMILES string of the molecule is CNCC1CCCN1c1nnnn1-c1ccccc1. The van der Waals surface area contributed by atoms with Gasteiger partial charge in [0.25, 0.3) is 5.95 Å². The number of hydrogen-bond acceptors (Lipinski definition) is 5. The Morgan fingerprint density at radius 1 is 1.32 bits per heavy atom. The maximum absolute atomic E-state index is 4.21. The van der Waals surface area contributed by atoms with E-state index in [1.54, 1.807) is 0 Å². The average molecular weight is 258 g/mol. The molecule has 3 rings (SSSR count). The lowest BCUT2D eigenvalue weighted by Crippen LogP contribution is -2.38. The van der Waals surface area contributed by atoms with Crippen molar-refractivity contribution < 1.29 is 0 Å². The molecule has 1 aliphatic heterocycles. The number of anilines is 1. The fourth-order valence-corrected chi connectivity index (χ4v) is 2.64. The van der Waals surface area contributed by atoms with Gasteiger partial charge < -0.3 is 10.2 Å². The van der Waals surface area contributed by atoms with Gasteiger partial charge in [-0.15, -0.1) is 0 Å². The third-order valence-corrected chi connectivity index (χ3v) is 3.53. The Hall–Kier alpha value is -1.95. The van der Waals surface area contributed by atoms with Crippen molar-refractivity contribution in [1.29, 1.82) is 0 Å². The maximum atomic E-state index is 4.21. The highest BCUT2D eigenvalue weighted by Gasteiger charge is 2.28. The standard InChI is InChI=1S/C13H18N6/c1-14-10-12-8-5-9-18(12)13-15-16-17-19(13)11-6-3-2-4-7-11/h2-4,6-7,12,14H,5,8-10H2,1H3. The van der Waals surface area contributed by atoms with Crippen molar-refractivity contribution in [1.82, 2.24) is 25.5 Å². The normalized spacial score (nSPS) is 19.0. The first-order chi connectivity index (χ1) is 9.40. The molecule has 0 spiro atoms. The molecule has 1 aromatic heterocycles. The summed E-state index contributed by atoms with van der Waals surface area (Å²) in [6.07, 6.45) is 2.37. The molecule has 1 unspecified atom stereocenters. The summed E-state index contributed by atoms with van der Waals surface area (Å²) in [5, 5.41) is 15.4. The Balaban J connectivity index is 1.92. The van der Waals surface area contributed by atoms with Crippen LogP contribution in [0.25, 0.3) is 5.69 Å². The highest BCUT2D eigenvalue weighted by molar-refractivity contribution is 5.42. The summed E-state index contributed by atoms with van der Waals surface area (Å²) < 4.78 is 1.81. The zero-order chi connectivity index (χ0) is 13.1. The third-order valence-electron chi connectivity index (χ3n) is 3.53. The molecular formula is C13H18N6. The van der Waals surface area contributed by atoms with E-state index in [2.05, 4.69) is 25.7 Å². The number of nitrogens with zero attached hydrogens (tertiary/aromatic N) is 5. The van der Waals surface area contributed by atoms with Gasteiger partial charge in [-0.2, -0.15) is 4.68 Å². The molecule has 0 bridgehead atoms. The van der Waals surface area contributed by atoms with E-state index in [-0.39, 0.29) is 0 Å². The van der Waals surface area contributed by atoms with Crippen LogP contribution in [0.3, 0.4) is 0 Å². The number of tetrazole rings is 1. The van der Waals surface area contributed by atoms with E-state index < -0.39 is 0 Å². The summed E-state index contributed by atoms with van der Waals surface area (Å²) in [4.78, 5) is 2.30. The zero-order valence-corrected chi connectivity index (χ0v) is 11.0. The van der Waals surface area contributed by atoms with E-state index in [1.165, 1.54) is 12.8 Å². The van der Waals surface area contributed by atoms with Crippen molar-refractivity contribution in [2.75, 3.05) is 25.0 Å². The van der Waals surface area contributed by atoms with Gasteiger partial charge in [-0.25, -0.2) is 0 Å². The molecule has 1 N–H and O–H groups in total. The first-order valence-corrected chi connectivity index (χ1v) is 6.65. The minimum atomic E-state index is 0.471. The van der Waals surface area contributed by atoms with Crippen molar-refractivity contribution in [3.8, 4) is 5.69 Å². The molecule has 2 aromatic rings. The maximum Gasteiger partial charge on any atom is 0.250 e. The number of nitrogens with one attached hydrogen (secondary N) is 1. The van der Waals surface area contributed by atoms with Crippen molar-refractivity contribution in [3.63, 3.8) is 0 Å². The Kier molecular flexibility index (Phi) is 3.41. The summed E-state index contributed by atoms with van der Waals surface area (Å²) in [5.74, 6) is 0.837. The van der Waals surface area contributed by atoms with Crippen LogP contribution in [0.5, 0.6) is 0 Å².